The van der Waals surface area contributed by atoms with E-state index in [2.05, 4.69) is 13.8 Å². The zero-order chi connectivity index (χ0) is 9.24. The monoisotopic (exact) mass is 172 g/mol. The molecular weight excluding hydrogens is 152 g/mol. The van der Waals surface area contributed by atoms with Crippen LogP contribution in [0.3, 0.4) is 0 Å². The van der Waals surface area contributed by atoms with Gasteiger partial charge in [0, 0.05) is 19.6 Å². The molecule has 2 heteroatoms. The normalized spacial score (nSPS) is 25.0. The van der Waals surface area contributed by atoms with E-state index in [9.17, 15) is 0 Å². The van der Waals surface area contributed by atoms with Crippen LogP contribution in [0, 0.1) is 10.8 Å². The van der Waals surface area contributed by atoms with E-state index in [1.807, 2.05) is 0 Å². The van der Waals surface area contributed by atoms with Crippen LogP contribution in [-0.4, -0.2) is 27.4 Å². The van der Waals surface area contributed by atoms with E-state index in [1.54, 1.807) is 14.2 Å². The van der Waals surface area contributed by atoms with Gasteiger partial charge < -0.3 is 9.47 Å². The second kappa shape index (κ2) is 3.35. The first-order valence-corrected chi connectivity index (χ1v) is 4.52. The third-order valence-corrected chi connectivity index (χ3v) is 2.61. The average Bonchev–Trinajstić information content (AvgIpc) is 1.83. The lowest BCUT2D eigenvalue weighted by atomic mass is 9.55. The summed E-state index contributed by atoms with van der Waals surface area (Å²) in [5.74, 6) is 0. The molecule has 0 spiro atoms. The van der Waals surface area contributed by atoms with Crippen LogP contribution in [0.4, 0.5) is 0 Å². The summed E-state index contributed by atoms with van der Waals surface area (Å²) in [5.41, 5.74) is 0.810. The molecule has 1 aliphatic carbocycles. The second-order valence-electron chi connectivity index (χ2n) is 4.88. The Kier molecular flexibility index (Phi) is 2.79. The van der Waals surface area contributed by atoms with Crippen molar-refractivity contribution in [2.45, 2.75) is 26.7 Å². The third kappa shape index (κ3) is 1.99. The molecule has 0 unspecified atom stereocenters. The van der Waals surface area contributed by atoms with Crippen LogP contribution < -0.4 is 0 Å². The van der Waals surface area contributed by atoms with E-state index in [-0.39, 0.29) is 0 Å². The quantitative estimate of drug-likeness (QED) is 0.646. The van der Waals surface area contributed by atoms with Gasteiger partial charge in [-0.05, 0) is 18.3 Å². The van der Waals surface area contributed by atoms with Gasteiger partial charge in [-0.15, -0.1) is 0 Å². The fourth-order valence-electron chi connectivity index (χ4n) is 2.84. The molecule has 2 nitrogen and oxygen atoms in total. The van der Waals surface area contributed by atoms with E-state index < -0.39 is 0 Å². The summed E-state index contributed by atoms with van der Waals surface area (Å²) in [6.45, 7) is 6.28. The molecule has 12 heavy (non-hydrogen) atoms. The fraction of sp³-hybridized carbons (Fsp3) is 1.00. The number of methoxy groups -OCH3 is 2. The lowest BCUT2D eigenvalue weighted by molar-refractivity contribution is -0.107. The first kappa shape index (κ1) is 10.0. The second-order valence-corrected chi connectivity index (χ2v) is 4.88. The Morgan fingerprint density at radius 2 is 1.42 bits per heavy atom. The summed E-state index contributed by atoms with van der Waals surface area (Å²) in [6.07, 6.45) is 2.45. The smallest absolute Gasteiger partial charge is 0.0541 e. The largest absolute Gasteiger partial charge is 0.384 e. The van der Waals surface area contributed by atoms with E-state index in [1.165, 1.54) is 12.8 Å². The molecule has 0 atom stereocenters. The van der Waals surface area contributed by atoms with Gasteiger partial charge in [-0.2, -0.15) is 0 Å². The molecule has 0 aromatic carbocycles. The van der Waals surface area contributed by atoms with Crippen LogP contribution in [0.2, 0.25) is 0 Å². The molecule has 0 aromatic rings. The van der Waals surface area contributed by atoms with Crippen molar-refractivity contribution < 1.29 is 9.47 Å². The van der Waals surface area contributed by atoms with Gasteiger partial charge in [0.05, 0.1) is 13.2 Å². The van der Waals surface area contributed by atoms with Crippen LogP contribution in [0.5, 0.6) is 0 Å². The molecule has 1 aliphatic rings. The minimum absolute atomic E-state index is 0.312. The van der Waals surface area contributed by atoms with Gasteiger partial charge in [0.1, 0.15) is 0 Å². The summed E-state index contributed by atoms with van der Waals surface area (Å²) < 4.78 is 10.4. The van der Waals surface area contributed by atoms with Gasteiger partial charge in [0.15, 0.2) is 0 Å². The molecule has 0 heterocycles. The molecule has 0 bridgehead atoms. The lowest BCUT2D eigenvalue weighted by Gasteiger charge is -2.52. The minimum Gasteiger partial charge on any atom is -0.384 e. The molecular formula is C10H20O2. The first-order chi connectivity index (χ1) is 5.54. The predicted molar refractivity (Wildman–Crippen MR) is 49.2 cm³/mol. The average molecular weight is 172 g/mol. The number of ether oxygens (including phenoxy) is 2. The molecule has 0 amide bonds. The van der Waals surface area contributed by atoms with Crippen molar-refractivity contribution in [3.8, 4) is 0 Å². The van der Waals surface area contributed by atoms with Gasteiger partial charge in [0.2, 0.25) is 0 Å². The van der Waals surface area contributed by atoms with Crippen LogP contribution in [0.1, 0.15) is 26.7 Å². The highest BCUT2D eigenvalue weighted by molar-refractivity contribution is 4.98. The van der Waals surface area contributed by atoms with Crippen molar-refractivity contribution in [1.82, 2.24) is 0 Å². The van der Waals surface area contributed by atoms with Crippen LogP contribution in [0.25, 0.3) is 0 Å². The van der Waals surface area contributed by atoms with Gasteiger partial charge >= 0.3 is 0 Å². The van der Waals surface area contributed by atoms with Crippen LogP contribution >= 0.6 is 0 Å². The Bertz CT molecular complexity index is 136. The van der Waals surface area contributed by atoms with Crippen molar-refractivity contribution in [2.75, 3.05) is 27.4 Å². The van der Waals surface area contributed by atoms with Gasteiger partial charge in [-0.25, -0.2) is 0 Å². The maximum atomic E-state index is 5.22. The van der Waals surface area contributed by atoms with Crippen molar-refractivity contribution in [3.63, 3.8) is 0 Å². The zero-order valence-corrected chi connectivity index (χ0v) is 8.64. The summed E-state index contributed by atoms with van der Waals surface area (Å²) in [5, 5.41) is 0. The van der Waals surface area contributed by atoms with E-state index in [4.69, 9.17) is 9.47 Å². The zero-order valence-electron chi connectivity index (χ0n) is 8.64. The molecule has 72 valence electrons. The highest BCUT2D eigenvalue weighted by atomic mass is 16.5. The Morgan fingerprint density at radius 3 is 1.67 bits per heavy atom. The molecule has 1 rings (SSSR count). The van der Waals surface area contributed by atoms with Crippen molar-refractivity contribution in [3.05, 3.63) is 0 Å². The van der Waals surface area contributed by atoms with Crippen LogP contribution in [-0.2, 0) is 9.47 Å². The van der Waals surface area contributed by atoms with E-state index >= 15 is 0 Å². The Balaban J connectivity index is 2.43. The fourth-order valence-corrected chi connectivity index (χ4v) is 2.84. The summed E-state index contributed by atoms with van der Waals surface area (Å²) in [6, 6.07) is 0. The topological polar surface area (TPSA) is 18.5 Å². The van der Waals surface area contributed by atoms with Gasteiger partial charge in [0.25, 0.3) is 0 Å². The highest BCUT2D eigenvalue weighted by Gasteiger charge is 2.49. The Morgan fingerprint density at radius 1 is 1.00 bits per heavy atom. The van der Waals surface area contributed by atoms with Crippen LogP contribution in [0.15, 0.2) is 0 Å². The molecule has 0 saturated heterocycles. The SMILES string of the molecule is COCC1(COC)CC(C)(C)C1. The van der Waals surface area contributed by atoms with E-state index in [0.717, 1.165) is 13.2 Å². The Hall–Kier alpha value is -0.0800. The first-order valence-electron chi connectivity index (χ1n) is 4.52. The minimum atomic E-state index is 0.312. The summed E-state index contributed by atoms with van der Waals surface area (Å²) in [7, 11) is 3.53. The summed E-state index contributed by atoms with van der Waals surface area (Å²) >= 11 is 0. The highest BCUT2D eigenvalue weighted by Crippen LogP contribution is 2.54. The lowest BCUT2D eigenvalue weighted by Crippen LogP contribution is -2.48. The van der Waals surface area contributed by atoms with E-state index in [0.29, 0.717) is 10.8 Å². The number of rotatable bonds is 4. The molecule has 0 radical (unpaired) electrons. The predicted octanol–water partition coefficient (Wildman–Crippen LogP) is 2.09. The molecule has 0 aromatic heterocycles. The van der Waals surface area contributed by atoms with Crippen molar-refractivity contribution in [2.24, 2.45) is 10.8 Å². The number of hydrogen-bond acceptors (Lipinski definition) is 2. The van der Waals surface area contributed by atoms with Crippen molar-refractivity contribution in [1.29, 1.82) is 0 Å². The maximum absolute atomic E-state index is 5.22. The number of hydrogen-bond donors (Lipinski definition) is 0. The summed E-state index contributed by atoms with van der Waals surface area (Å²) in [4.78, 5) is 0. The molecule has 1 fully saturated rings. The van der Waals surface area contributed by atoms with Crippen molar-refractivity contribution >= 4 is 0 Å². The van der Waals surface area contributed by atoms with Gasteiger partial charge in [-0.3, -0.25) is 0 Å². The molecule has 0 aliphatic heterocycles. The molecule has 0 N–H and O–H groups in total. The van der Waals surface area contributed by atoms with Gasteiger partial charge in [-0.1, -0.05) is 13.8 Å². The third-order valence-electron chi connectivity index (χ3n) is 2.61. The molecule has 1 saturated carbocycles. The standard InChI is InChI=1S/C10H20O2/c1-9(2)5-10(6-9,7-11-3)8-12-4/h5-8H2,1-4H3. The maximum Gasteiger partial charge on any atom is 0.0541 e. The Labute approximate surface area is 75.2 Å².